The van der Waals surface area contributed by atoms with Gasteiger partial charge in [-0.1, -0.05) is 0 Å². The topological polar surface area (TPSA) is 61.1 Å². The molecule has 0 aliphatic rings. The maximum atomic E-state index is 9.38. The predicted molar refractivity (Wildman–Crippen MR) is 23.6 cm³/mol. The molecule has 3 nitrogen and oxygen atoms in total. The molecule has 4 heteroatoms. The van der Waals surface area contributed by atoms with Crippen molar-refractivity contribution >= 4 is 35.5 Å². The van der Waals surface area contributed by atoms with Crippen molar-refractivity contribution in [3.8, 4) is 6.07 Å². The van der Waals surface area contributed by atoms with Gasteiger partial charge in [-0.2, -0.15) is 5.26 Å². The second-order valence-corrected chi connectivity index (χ2v) is 0.729. The Morgan fingerprint density at radius 2 is 2.29 bits per heavy atom. The molecule has 1 radical (unpaired) electrons. The zero-order chi connectivity index (χ0) is 4.99. The Balaban J connectivity index is 0. The van der Waals surface area contributed by atoms with E-state index in [0.717, 1.165) is 0 Å². The molecule has 0 saturated carbocycles. The van der Waals surface area contributed by atoms with Crippen molar-refractivity contribution in [2.45, 2.75) is 6.42 Å². The SMILES string of the molecule is N#CCC(=O)O.[Na]. The van der Waals surface area contributed by atoms with E-state index >= 15 is 0 Å². The van der Waals surface area contributed by atoms with E-state index in [4.69, 9.17) is 10.4 Å². The van der Waals surface area contributed by atoms with E-state index in [0.29, 0.717) is 0 Å². The molecule has 1 N–H and O–H groups in total. The Morgan fingerprint density at radius 3 is 2.29 bits per heavy atom. The third-order valence-corrected chi connectivity index (χ3v) is 0.230. The maximum absolute atomic E-state index is 9.38. The minimum Gasteiger partial charge on any atom is -0.480 e. The van der Waals surface area contributed by atoms with E-state index < -0.39 is 12.4 Å². The zero-order valence-corrected chi connectivity index (χ0v) is 6.01. The molecule has 0 aromatic rings. The molecule has 0 aliphatic heterocycles. The van der Waals surface area contributed by atoms with Gasteiger partial charge >= 0.3 is 5.97 Å². The van der Waals surface area contributed by atoms with Crippen molar-refractivity contribution in [2.24, 2.45) is 0 Å². The molecule has 0 rings (SSSR count). The van der Waals surface area contributed by atoms with Crippen LogP contribution in [0.15, 0.2) is 0 Å². The number of carboxylic acids is 1. The predicted octanol–water partition coefficient (Wildman–Crippen LogP) is -0.396. The molecule has 33 valence electrons. The quantitative estimate of drug-likeness (QED) is 0.465. The standard InChI is InChI=1S/C3H3NO2.Na/c4-2-1-3(5)6;/h1H2,(H,5,6);. The minimum atomic E-state index is -1.07. The van der Waals surface area contributed by atoms with Crippen LogP contribution in [0.5, 0.6) is 0 Å². The van der Waals surface area contributed by atoms with Gasteiger partial charge in [0.2, 0.25) is 0 Å². The number of carboxylic acid groups (broad SMARTS) is 1. The molecule has 7 heavy (non-hydrogen) atoms. The molecule has 0 spiro atoms. The van der Waals surface area contributed by atoms with Gasteiger partial charge in [-0.3, -0.25) is 4.79 Å². The van der Waals surface area contributed by atoms with Gasteiger partial charge in [0.05, 0.1) is 6.07 Å². The smallest absolute Gasteiger partial charge is 0.317 e. The third-order valence-electron chi connectivity index (χ3n) is 0.230. The van der Waals surface area contributed by atoms with Crippen molar-refractivity contribution in [3.05, 3.63) is 0 Å². The van der Waals surface area contributed by atoms with Crippen molar-refractivity contribution in [3.63, 3.8) is 0 Å². The fourth-order valence-corrected chi connectivity index (χ4v) is 0.0676. The van der Waals surface area contributed by atoms with Crippen LogP contribution in [0, 0.1) is 11.3 Å². The molecule has 0 heterocycles. The molecular weight excluding hydrogens is 105 g/mol. The summed E-state index contributed by atoms with van der Waals surface area (Å²) < 4.78 is 0. The van der Waals surface area contributed by atoms with Crippen LogP contribution in [0.25, 0.3) is 0 Å². The Hall–Kier alpha value is -0.0400. The average Bonchev–Trinajstić information content (AvgIpc) is 1.35. The third kappa shape index (κ3) is 10.7. The van der Waals surface area contributed by atoms with Crippen LogP contribution in [0.2, 0.25) is 0 Å². The summed E-state index contributed by atoms with van der Waals surface area (Å²) in [5, 5.41) is 15.3. The molecule has 0 atom stereocenters. The summed E-state index contributed by atoms with van der Waals surface area (Å²) in [5.74, 6) is -1.07. The Labute approximate surface area is 63.2 Å². The van der Waals surface area contributed by atoms with Gasteiger partial charge in [0.25, 0.3) is 0 Å². The molecule has 0 aromatic carbocycles. The summed E-state index contributed by atoms with van der Waals surface area (Å²) in [5.41, 5.74) is 0. The molecular formula is C3H3NNaO2. The van der Waals surface area contributed by atoms with Crippen LogP contribution in [-0.4, -0.2) is 40.6 Å². The second kappa shape index (κ2) is 5.96. The first kappa shape index (κ1) is 10.0. The van der Waals surface area contributed by atoms with E-state index in [2.05, 4.69) is 0 Å². The number of aliphatic carboxylic acids is 1. The number of rotatable bonds is 1. The van der Waals surface area contributed by atoms with Gasteiger partial charge < -0.3 is 5.11 Å². The molecule has 0 aliphatic carbocycles. The number of nitrogens with zero attached hydrogens (tertiary/aromatic N) is 1. The van der Waals surface area contributed by atoms with Gasteiger partial charge in [-0.05, 0) is 0 Å². The number of nitriles is 1. The summed E-state index contributed by atoms with van der Waals surface area (Å²) in [6.07, 6.45) is -0.403. The minimum absolute atomic E-state index is 0. The number of carbonyl (C=O) groups is 1. The van der Waals surface area contributed by atoms with E-state index in [1.807, 2.05) is 0 Å². The Morgan fingerprint density at radius 1 is 1.86 bits per heavy atom. The Kier molecular flexibility index (Phi) is 8.56. The van der Waals surface area contributed by atoms with Gasteiger partial charge in [0, 0.05) is 29.6 Å². The van der Waals surface area contributed by atoms with Crippen molar-refractivity contribution < 1.29 is 9.90 Å². The molecule has 0 bridgehead atoms. The average molecular weight is 108 g/mol. The largest absolute Gasteiger partial charge is 0.480 e. The fraction of sp³-hybridized carbons (Fsp3) is 0.333. The first-order valence-electron chi connectivity index (χ1n) is 1.36. The molecule has 0 aromatic heterocycles. The van der Waals surface area contributed by atoms with Gasteiger partial charge in [-0.25, -0.2) is 0 Å². The van der Waals surface area contributed by atoms with Crippen LogP contribution < -0.4 is 0 Å². The van der Waals surface area contributed by atoms with Gasteiger partial charge in [-0.15, -0.1) is 0 Å². The maximum Gasteiger partial charge on any atom is 0.317 e. The number of hydrogen-bond acceptors (Lipinski definition) is 2. The van der Waals surface area contributed by atoms with E-state index in [1.54, 1.807) is 0 Å². The molecule has 0 fully saturated rings. The molecule has 0 unspecified atom stereocenters. The van der Waals surface area contributed by atoms with Crippen molar-refractivity contribution in [2.75, 3.05) is 0 Å². The van der Waals surface area contributed by atoms with Crippen LogP contribution in [-0.2, 0) is 4.79 Å². The Bertz CT molecular complexity index is 95.6. The first-order valence-corrected chi connectivity index (χ1v) is 1.36. The van der Waals surface area contributed by atoms with Crippen molar-refractivity contribution in [1.29, 1.82) is 5.26 Å². The second-order valence-electron chi connectivity index (χ2n) is 0.729. The summed E-state index contributed by atoms with van der Waals surface area (Å²) in [6, 6.07) is 1.47. The zero-order valence-electron chi connectivity index (χ0n) is 4.01. The van der Waals surface area contributed by atoms with Gasteiger partial charge in [0.15, 0.2) is 0 Å². The number of hydrogen-bond donors (Lipinski definition) is 1. The summed E-state index contributed by atoms with van der Waals surface area (Å²) in [4.78, 5) is 9.38. The summed E-state index contributed by atoms with van der Waals surface area (Å²) in [7, 11) is 0. The van der Waals surface area contributed by atoms with E-state index in [-0.39, 0.29) is 29.6 Å². The fourth-order valence-electron chi connectivity index (χ4n) is 0.0676. The van der Waals surface area contributed by atoms with Crippen LogP contribution in [0.3, 0.4) is 0 Å². The van der Waals surface area contributed by atoms with Crippen LogP contribution in [0.1, 0.15) is 6.42 Å². The van der Waals surface area contributed by atoms with E-state index in [9.17, 15) is 4.79 Å². The van der Waals surface area contributed by atoms with Gasteiger partial charge in [0.1, 0.15) is 6.42 Å². The monoisotopic (exact) mass is 108 g/mol. The van der Waals surface area contributed by atoms with Crippen molar-refractivity contribution in [1.82, 2.24) is 0 Å². The van der Waals surface area contributed by atoms with Crippen LogP contribution in [0.4, 0.5) is 0 Å². The molecule has 0 amide bonds. The van der Waals surface area contributed by atoms with Crippen LogP contribution >= 0.6 is 0 Å². The first-order chi connectivity index (χ1) is 2.77. The summed E-state index contributed by atoms with van der Waals surface area (Å²) in [6.45, 7) is 0. The molecule has 0 saturated heterocycles. The normalized spacial score (nSPS) is 5.57. The van der Waals surface area contributed by atoms with E-state index in [1.165, 1.54) is 6.07 Å². The summed E-state index contributed by atoms with van der Waals surface area (Å²) >= 11 is 0.